The fourth-order valence-corrected chi connectivity index (χ4v) is 5.77. The minimum absolute atomic E-state index is 0.0846. The predicted octanol–water partition coefficient (Wildman–Crippen LogP) is 4.19. The molecule has 2 aliphatic rings. The molecule has 1 aliphatic carbocycles. The first-order chi connectivity index (χ1) is 18.0. The zero-order valence-corrected chi connectivity index (χ0v) is 20.4. The summed E-state index contributed by atoms with van der Waals surface area (Å²) in [7, 11) is 1.85. The number of halogens is 1. The molecule has 8 nitrogen and oxygen atoms in total. The molecule has 5 heterocycles. The highest BCUT2D eigenvalue weighted by atomic mass is 19.1. The largest absolute Gasteiger partial charge is 0.349 e. The second-order valence-corrected chi connectivity index (χ2v) is 10.3. The Labute approximate surface area is 212 Å². The molecular weight excluding hydrogens is 469 g/mol. The second-order valence-electron chi connectivity index (χ2n) is 10.3. The number of carbonyl (C=O) groups excluding carboxylic acids is 1. The van der Waals surface area contributed by atoms with Crippen LogP contribution in [0.4, 0.5) is 4.39 Å². The van der Waals surface area contributed by atoms with Crippen LogP contribution in [0.25, 0.3) is 44.3 Å². The fourth-order valence-electron chi connectivity index (χ4n) is 5.77. The van der Waals surface area contributed by atoms with Crippen LogP contribution in [0, 0.1) is 11.2 Å². The Morgan fingerprint density at radius 2 is 2.03 bits per heavy atom. The first-order valence-electron chi connectivity index (χ1n) is 12.6. The molecule has 2 fully saturated rings. The highest BCUT2D eigenvalue weighted by molar-refractivity contribution is 6.13. The van der Waals surface area contributed by atoms with E-state index >= 15 is 4.39 Å². The Bertz CT molecular complexity index is 1660. The second kappa shape index (κ2) is 8.21. The number of aromatic nitrogens is 5. The lowest BCUT2D eigenvalue weighted by Crippen LogP contribution is -2.38. The third-order valence-electron chi connectivity index (χ3n) is 7.90. The molecule has 37 heavy (non-hydrogen) atoms. The summed E-state index contributed by atoms with van der Waals surface area (Å²) >= 11 is 0. The van der Waals surface area contributed by atoms with Gasteiger partial charge in [-0.1, -0.05) is 12.1 Å². The van der Waals surface area contributed by atoms with Gasteiger partial charge in [-0.2, -0.15) is 5.10 Å². The number of rotatable bonds is 4. The zero-order valence-electron chi connectivity index (χ0n) is 20.4. The molecule has 7 rings (SSSR count). The van der Waals surface area contributed by atoms with E-state index in [0.717, 1.165) is 54.5 Å². The number of nitrogens with zero attached hydrogens (tertiary/aromatic N) is 4. The van der Waals surface area contributed by atoms with Gasteiger partial charge in [0.25, 0.3) is 5.91 Å². The number of H-pyrrole nitrogens is 1. The van der Waals surface area contributed by atoms with Gasteiger partial charge in [-0.15, -0.1) is 0 Å². The Balaban J connectivity index is 1.23. The molecule has 1 saturated heterocycles. The predicted molar refractivity (Wildman–Crippen MR) is 139 cm³/mol. The molecule has 0 unspecified atom stereocenters. The fraction of sp³-hybridized carbons (Fsp3) is 0.286. The van der Waals surface area contributed by atoms with Crippen LogP contribution in [-0.2, 0) is 7.05 Å². The monoisotopic (exact) mass is 495 g/mol. The molecule has 1 aromatic carbocycles. The third-order valence-corrected chi connectivity index (χ3v) is 7.90. The molecular formula is C28H26FN7O. The van der Waals surface area contributed by atoms with Gasteiger partial charge in [0.05, 0.1) is 29.8 Å². The van der Waals surface area contributed by atoms with Crippen molar-refractivity contribution in [3.8, 4) is 22.4 Å². The van der Waals surface area contributed by atoms with Crippen molar-refractivity contribution in [2.45, 2.75) is 25.3 Å². The van der Waals surface area contributed by atoms with Crippen molar-refractivity contribution in [2.24, 2.45) is 12.5 Å². The van der Waals surface area contributed by atoms with Crippen molar-refractivity contribution in [1.82, 2.24) is 35.4 Å². The summed E-state index contributed by atoms with van der Waals surface area (Å²) in [5.41, 5.74) is 4.89. The summed E-state index contributed by atoms with van der Waals surface area (Å²) in [6.45, 7) is 2.03. The quantitative estimate of drug-likeness (QED) is 0.347. The van der Waals surface area contributed by atoms with E-state index in [1.165, 1.54) is 6.20 Å². The van der Waals surface area contributed by atoms with Crippen LogP contribution in [0.2, 0.25) is 0 Å². The van der Waals surface area contributed by atoms with Gasteiger partial charge in [-0.05, 0) is 49.6 Å². The standard InChI is InChI=1S/C28H26FN7O/c1-36-14-18(11-33-36)21-9-19-22(13-31-21)34-26-25(19)24(20(29)12-32-26)16-3-5-17(6-4-16)27(37)35-23-10-28(23)7-2-8-30-15-28/h3-6,9,11-14,23,30H,2,7-8,10,15H2,1H3,(H,32,34)(H,35,37)/t23-,28+/m1/s1. The maximum Gasteiger partial charge on any atom is 0.251 e. The summed E-state index contributed by atoms with van der Waals surface area (Å²) in [5.74, 6) is -0.506. The van der Waals surface area contributed by atoms with Gasteiger partial charge in [0.1, 0.15) is 11.5 Å². The number of hydrogen-bond donors (Lipinski definition) is 3. The van der Waals surface area contributed by atoms with Gasteiger partial charge < -0.3 is 15.6 Å². The number of benzene rings is 1. The van der Waals surface area contributed by atoms with E-state index in [1.807, 2.05) is 19.3 Å². The molecule has 5 aromatic rings. The molecule has 0 radical (unpaired) electrons. The SMILES string of the molecule is Cn1cc(-c2cc3c(cn2)[nH]c2ncc(F)c(-c4ccc(C(=O)N[C@@H]5C[C@]56CCCNC6)cc4)c23)cn1. The number of amides is 1. The van der Waals surface area contributed by atoms with E-state index in [0.29, 0.717) is 27.7 Å². The molecule has 4 aromatic heterocycles. The van der Waals surface area contributed by atoms with Gasteiger partial charge in [0.15, 0.2) is 0 Å². The number of fused-ring (bicyclic) bond motifs is 3. The topological polar surface area (TPSA) is 101 Å². The Kier molecular flexibility index (Phi) is 4.91. The Morgan fingerprint density at radius 3 is 2.78 bits per heavy atom. The van der Waals surface area contributed by atoms with Crippen molar-refractivity contribution in [1.29, 1.82) is 0 Å². The third kappa shape index (κ3) is 3.69. The van der Waals surface area contributed by atoms with Crippen molar-refractivity contribution in [3.63, 3.8) is 0 Å². The molecule has 0 bridgehead atoms. The number of nitrogens with one attached hydrogen (secondary N) is 3. The molecule has 1 aliphatic heterocycles. The van der Waals surface area contributed by atoms with Crippen LogP contribution >= 0.6 is 0 Å². The Morgan fingerprint density at radius 1 is 1.16 bits per heavy atom. The Hall–Kier alpha value is -4.11. The summed E-state index contributed by atoms with van der Waals surface area (Å²) in [6.07, 6.45) is 9.95. The molecule has 186 valence electrons. The normalized spacial score (nSPS) is 21.1. The van der Waals surface area contributed by atoms with Crippen LogP contribution < -0.4 is 10.6 Å². The van der Waals surface area contributed by atoms with Gasteiger partial charge >= 0.3 is 0 Å². The van der Waals surface area contributed by atoms with E-state index in [9.17, 15) is 4.79 Å². The lowest BCUT2D eigenvalue weighted by Gasteiger charge is -2.23. The summed E-state index contributed by atoms with van der Waals surface area (Å²) in [4.78, 5) is 25.0. The lowest BCUT2D eigenvalue weighted by atomic mass is 9.95. The average Bonchev–Trinajstić information content (AvgIpc) is 3.22. The maximum absolute atomic E-state index is 15.3. The van der Waals surface area contributed by atoms with Crippen LogP contribution in [0.15, 0.2) is 55.1 Å². The lowest BCUT2D eigenvalue weighted by molar-refractivity contribution is 0.0943. The minimum atomic E-state index is -0.421. The van der Waals surface area contributed by atoms with E-state index in [4.69, 9.17) is 0 Å². The summed E-state index contributed by atoms with van der Waals surface area (Å²) in [6, 6.07) is 9.30. The van der Waals surface area contributed by atoms with Crippen molar-refractivity contribution in [2.75, 3.05) is 13.1 Å². The van der Waals surface area contributed by atoms with Gasteiger partial charge in [-0.25, -0.2) is 9.37 Å². The van der Waals surface area contributed by atoms with E-state index in [2.05, 4.69) is 30.7 Å². The van der Waals surface area contributed by atoms with Crippen molar-refractivity contribution >= 4 is 27.8 Å². The maximum atomic E-state index is 15.3. The molecule has 3 N–H and O–H groups in total. The molecule has 1 amide bonds. The van der Waals surface area contributed by atoms with Gasteiger partial charge in [0.2, 0.25) is 0 Å². The van der Waals surface area contributed by atoms with E-state index in [1.54, 1.807) is 41.3 Å². The smallest absolute Gasteiger partial charge is 0.251 e. The number of carbonyl (C=O) groups is 1. The molecule has 9 heteroatoms. The van der Waals surface area contributed by atoms with Crippen molar-refractivity contribution in [3.05, 3.63) is 66.5 Å². The van der Waals surface area contributed by atoms with E-state index in [-0.39, 0.29) is 17.4 Å². The molecule has 2 atom stereocenters. The van der Waals surface area contributed by atoms with Gasteiger partial charge in [-0.3, -0.25) is 14.5 Å². The van der Waals surface area contributed by atoms with Gasteiger partial charge in [0, 0.05) is 58.7 Å². The summed E-state index contributed by atoms with van der Waals surface area (Å²) < 4.78 is 17.0. The molecule has 1 spiro atoms. The number of aryl methyl sites for hydroxylation is 1. The highest BCUT2D eigenvalue weighted by Gasteiger charge is 2.54. The van der Waals surface area contributed by atoms with Crippen LogP contribution in [-0.4, -0.2) is 49.8 Å². The summed E-state index contributed by atoms with van der Waals surface area (Å²) in [5, 5.41) is 12.4. The minimum Gasteiger partial charge on any atom is -0.349 e. The van der Waals surface area contributed by atoms with Crippen LogP contribution in [0.3, 0.4) is 0 Å². The number of piperidine rings is 1. The number of hydrogen-bond acceptors (Lipinski definition) is 5. The average molecular weight is 496 g/mol. The van der Waals surface area contributed by atoms with Crippen LogP contribution in [0.1, 0.15) is 29.6 Å². The zero-order chi connectivity index (χ0) is 25.1. The van der Waals surface area contributed by atoms with E-state index < -0.39 is 5.82 Å². The van der Waals surface area contributed by atoms with Crippen LogP contribution in [0.5, 0.6) is 0 Å². The number of aromatic amines is 1. The highest BCUT2D eigenvalue weighted by Crippen LogP contribution is 2.50. The van der Waals surface area contributed by atoms with Crippen molar-refractivity contribution < 1.29 is 9.18 Å². The molecule has 1 saturated carbocycles. The first kappa shape index (κ1) is 22.1. The first-order valence-corrected chi connectivity index (χ1v) is 12.6. The number of pyridine rings is 2.